The van der Waals surface area contributed by atoms with Crippen LogP contribution in [0.2, 0.25) is 10.0 Å². The van der Waals surface area contributed by atoms with Crippen molar-refractivity contribution in [2.24, 2.45) is 0 Å². The number of furan rings is 1. The molecular formula is C23H12Cl2F3N5O2S. The molecule has 0 radical (unpaired) electrons. The highest BCUT2D eigenvalue weighted by molar-refractivity contribution is 7.26. The van der Waals surface area contributed by atoms with Crippen LogP contribution < -0.4 is 4.74 Å². The van der Waals surface area contributed by atoms with Gasteiger partial charge in [-0.1, -0.05) is 23.2 Å². The molecule has 36 heavy (non-hydrogen) atoms. The predicted molar refractivity (Wildman–Crippen MR) is 130 cm³/mol. The fourth-order valence-corrected chi connectivity index (χ4v) is 5.42. The molecule has 7 nitrogen and oxygen atoms in total. The Labute approximate surface area is 214 Å². The van der Waals surface area contributed by atoms with Crippen molar-refractivity contribution in [3.63, 3.8) is 0 Å². The minimum Gasteiger partial charge on any atom is -0.484 e. The maximum atomic E-state index is 13.3. The number of rotatable bonds is 4. The standard InChI is InChI=1S/C23H12Cl2F3N5O2S/c1-10-6-16(23(26,27)28)30-22-17(10)18-19(36-22)21-31-20(32-33(21)9-29-18)15-5-3-12(35-15)8-34-14-4-2-11(24)7-13(14)25/h2-7,9H,8H2,1H3. The molecule has 13 heteroatoms. The van der Waals surface area contributed by atoms with Crippen LogP contribution in [0.25, 0.3) is 37.7 Å². The predicted octanol–water partition coefficient (Wildman–Crippen LogP) is 7.36. The molecule has 0 unspecified atom stereocenters. The summed E-state index contributed by atoms with van der Waals surface area (Å²) < 4.78 is 53.3. The average molecular weight is 550 g/mol. The van der Waals surface area contributed by atoms with E-state index in [1.165, 1.54) is 10.8 Å². The van der Waals surface area contributed by atoms with Crippen LogP contribution in [0, 0.1) is 6.92 Å². The van der Waals surface area contributed by atoms with Crippen molar-refractivity contribution in [1.82, 2.24) is 24.6 Å². The van der Waals surface area contributed by atoms with E-state index in [0.717, 1.165) is 17.4 Å². The van der Waals surface area contributed by atoms with Crippen LogP contribution in [0.1, 0.15) is 17.0 Å². The van der Waals surface area contributed by atoms with Gasteiger partial charge in [-0.05, 0) is 48.9 Å². The molecule has 6 rings (SSSR count). The SMILES string of the molecule is Cc1cc(C(F)(F)F)nc2sc3c(ncn4nc(-c5ccc(COc6ccc(Cl)cc6Cl)o5)nc34)c12. The van der Waals surface area contributed by atoms with Crippen molar-refractivity contribution in [2.45, 2.75) is 19.7 Å². The van der Waals surface area contributed by atoms with Crippen LogP contribution in [0.15, 0.2) is 47.1 Å². The molecule has 0 aliphatic carbocycles. The Kier molecular flexibility index (Phi) is 5.32. The molecule has 0 amide bonds. The number of benzene rings is 1. The Morgan fingerprint density at radius 1 is 1.11 bits per heavy atom. The lowest BCUT2D eigenvalue weighted by atomic mass is 10.1. The molecule has 0 spiro atoms. The van der Waals surface area contributed by atoms with Gasteiger partial charge < -0.3 is 9.15 Å². The molecule has 0 atom stereocenters. The lowest BCUT2D eigenvalue weighted by Crippen LogP contribution is -2.07. The van der Waals surface area contributed by atoms with E-state index in [4.69, 9.17) is 32.4 Å². The van der Waals surface area contributed by atoms with Gasteiger partial charge in [0.25, 0.3) is 0 Å². The number of nitrogens with zero attached hydrogens (tertiary/aromatic N) is 5. The number of pyridine rings is 1. The Morgan fingerprint density at radius 2 is 1.94 bits per heavy atom. The summed E-state index contributed by atoms with van der Waals surface area (Å²) in [5.74, 6) is 1.65. The number of halogens is 5. The second-order valence-electron chi connectivity index (χ2n) is 7.86. The van der Waals surface area contributed by atoms with Crippen LogP contribution in [-0.4, -0.2) is 24.6 Å². The van der Waals surface area contributed by atoms with Gasteiger partial charge in [0.2, 0.25) is 5.82 Å². The number of aromatic nitrogens is 5. The summed E-state index contributed by atoms with van der Waals surface area (Å²) in [5.41, 5.74) is 0.454. The van der Waals surface area contributed by atoms with Gasteiger partial charge in [0.05, 0.1) is 10.5 Å². The monoisotopic (exact) mass is 549 g/mol. The van der Waals surface area contributed by atoms with Crippen molar-refractivity contribution >= 4 is 60.6 Å². The molecule has 182 valence electrons. The van der Waals surface area contributed by atoms with Gasteiger partial charge in [0.1, 0.15) is 39.7 Å². The maximum absolute atomic E-state index is 13.3. The molecular weight excluding hydrogens is 538 g/mol. The molecule has 0 saturated heterocycles. The summed E-state index contributed by atoms with van der Waals surface area (Å²) in [6.07, 6.45) is -3.08. The molecule has 5 aromatic heterocycles. The molecule has 5 heterocycles. The second-order valence-corrected chi connectivity index (χ2v) is 9.70. The highest BCUT2D eigenvalue weighted by atomic mass is 35.5. The van der Waals surface area contributed by atoms with Gasteiger partial charge in [-0.15, -0.1) is 16.4 Å². The number of thiophene rings is 1. The minimum absolute atomic E-state index is 0.114. The second kappa shape index (κ2) is 8.32. The smallest absolute Gasteiger partial charge is 0.433 e. The van der Waals surface area contributed by atoms with Gasteiger partial charge in [0, 0.05) is 10.4 Å². The molecule has 0 N–H and O–H groups in total. The van der Waals surface area contributed by atoms with Crippen molar-refractivity contribution < 1.29 is 22.3 Å². The zero-order valence-electron chi connectivity index (χ0n) is 18.1. The normalized spacial score (nSPS) is 12.3. The van der Waals surface area contributed by atoms with Gasteiger partial charge in [-0.25, -0.2) is 19.5 Å². The number of ether oxygens (including phenoxy) is 1. The summed E-state index contributed by atoms with van der Waals surface area (Å²) >= 11 is 13.1. The maximum Gasteiger partial charge on any atom is 0.433 e. The number of hydrogen-bond acceptors (Lipinski definition) is 7. The van der Waals surface area contributed by atoms with Crippen LogP contribution >= 0.6 is 34.5 Å². The number of aryl methyl sites for hydroxylation is 1. The van der Waals surface area contributed by atoms with Crippen molar-refractivity contribution in [2.75, 3.05) is 0 Å². The Bertz CT molecular complexity index is 1790. The largest absolute Gasteiger partial charge is 0.484 e. The van der Waals surface area contributed by atoms with Crippen LogP contribution in [0.5, 0.6) is 5.75 Å². The summed E-state index contributed by atoms with van der Waals surface area (Å²) in [6.45, 7) is 1.72. The summed E-state index contributed by atoms with van der Waals surface area (Å²) in [4.78, 5) is 13.0. The van der Waals surface area contributed by atoms with E-state index in [2.05, 4.69) is 20.1 Å². The third kappa shape index (κ3) is 3.93. The first-order chi connectivity index (χ1) is 17.2. The van der Waals surface area contributed by atoms with E-state index in [0.29, 0.717) is 54.1 Å². The van der Waals surface area contributed by atoms with Crippen molar-refractivity contribution in [1.29, 1.82) is 0 Å². The quantitative estimate of drug-likeness (QED) is 0.228. The van der Waals surface area contributed by atoms with E-state index >= 15 is 0 Å². The lowest BCUT2D eigenvalue weighted by molar-refractivity contribution is -0.141. The summed E-state index contributed by atoms with van der Waals surface area (Å²) in [5, 5.41) is 5.86. The van der Waals surface area contributed by atoms with E-state index in [9.17, 15) is 13.2 Å². The number of fused-ring (bicyclic) bond motifs is 5. The summed E-state index contributed by atoms with van der Waals surface area (Å²) in [6, 6.07) is 9.36. The number of alkyl halides is 3. The van der Waals surface area contributed by atoms with Gasteiger partial charge >= 0.3 is 6.18 Å². The average Bonchev–Trinajstić information content (AvgIpc) is 3.53. The molecule has 0 bridgehead atoms. The molecule has 0 fully saturated rings. The van der Waals surface area contributed by atoms with Gasteiger partial charge in [0.15, 0.2) is 11.4 Å². The molecule has 0 aliphatic heterocycles. The first kappa shape index (κ1) is 23.0. The molecule has 6 aromatic rings. The van der Waals surface area contributed by atoms with Crippen molar-refractivity contribution in [3.05, 3.63) is 69.8 Å². The van der Waals surface area contributed by atoms with Crippen LogP contribution in [0.4, 0.5) is 13.2 Å². The van der Waals surface area contributed by atoms with Crippen LogP contribution in [0.3, 0.4) is 0 Å². The number of hydrogen-bond donors (Lipinski definition) is 0. The highest BCUT2D eigenvalue weighted by Gasteiger charge is 2.33. The molecule has 0 aliphatic rings. The zero-order valence-corrected chi connectivity index (χ0v) is 20.4. The fraction of sp³-hybridized carbons (Fsp3) is 0.130. The van der Waals surface area contributed by atoms with E-state index in [1.807, 2.05) is 0 Å². The Morgan fingerprint density at radius 3 is 2.72 bits per heavy atom. The Hall–Kier alpha value is -3.41. The third-order valence-corrected chi connectivity index (χ3v) is 7.00. The first-order valence-corrected chi connectivity index (χ1v) is 11.9. The zero-order chi connectivity index (χ0) is 25.2. The van der Waals surface area contributed by atoms with Crippen molar-refractivity contribution in [3.8, 4) is 17.3 Å². The fourth-order valence-electron chi connectivity index (χ4n) is 3.78. The third-order valence-electron chi connectivity index (χ3n) is 5.40. The summed E-state index contributed by atoms with van der Waals surface area (Å²) in [7, 11) is 0. The topological polar surface area (TPSA) is 78.3 Å². The van der Waals surface area contributed by atoms with Crippen LogP contribution in [-0.2, 0) is 12.8 Å². The minimum atomic E-state index is -4.54. The van der Waals surface area contributed by atoms with Gasteiger partial charge in [-0.3, -0.25) is 0 Å². The van der Waals surface area contributed by atoms with E-state index in [1.54, 1.807) is 37.3 Å². The highest BCUT2D eigenvalue weighted by Crippen LogP contribution is 2.39. The van der Waals surface area contributed by atoms with E-state index in [-0.39, 0.29) is 17.3 Å². The molecule has 0 saturated carbocycles. The van der Waals surface area contributed by atoms with Gasteiger partial charge in [-0.2, -0.15) is 13.2 Å². The lowest BCUT2D eigenvalue weighted by Gasteiger charge is -2.06. The Balaban J connectivity index is 1.35. The van der Waals surface area contributed by atoms with E-state index < -0.39 is 11.9 Å². The molecule has 1 aromatic carbocycles. The first-order valence-electron chi connectivity index (χ1n) is 10.4.